The van der Waals surface area contributed by atoms with E-state index in [1.54, 1.807) is 30.3 Å². The molecule has 3 aromatic carbocycles. The van der Waals surface area contributed by atoms with E-state index in [0.29, 0.717) is 5.56 Å². The van der Waals surface area contributed by atoms with Crippen molar-refractivity contribution in [2.45, 2.75) is 30.7 Å². The van der Waals surface area contributed by atoms with Crippen LogP contribution >= 0.6 is 0 Å². The molecule has 12 heteroatoms. The molecule has 5 rings (SSSR count). The molecule has 226 valence electrons. The maximum atomic E-state index is 11.0. The topological polar surface area (TPSA) is 190 Å². The molecule has 0 aliphatic carbocycles. The summed E-state index contributed by atoms with van der Waals surface area (Å²) in [6.45, 7) is 3.08. The van der Waals surface area contributed by atoms with E-state index in [9.17, 15) is 35.7 Å². The standard InChI is InChI=1S/C31H30O12/c1-4-14-5-7-15(8-6-14)23-24-18(34)11-17(33)12-19(24)41-29(16-9-20(39-2)25(35)21(10-16)40-3)30(23)43-31-28(38)27(37)26(36)22(13-32)42-31/h4-12,22,26-28,31-32,36-38H,1,13H2,2-3H3,(H2-,33,34,35)/p+1/t22-,26-,27+,28-,31+/m1/s1. The van der Waals surface area contributed by atoms with Crippen molar-refractivity contribution in [1.82, 2.24) is 0 Å². The normalized spacial score (nSPS) is 21.9. The summed E-state index contributed by atoms with van der Waals surface area (Å²) in [5.74, 6) is -1.09. The van der Waals surface area contributed by atoms with Gasteiger partial charge in [-0.25, -0.2) is 4.42 Å². The van der Waals surface area contributed by atoms with Gasteiger partial charge in [0.15, 0.2) is 11.5 Å². The van der Waals surface area contributed by atoms with Crippen LogP contribution in [-0.2, 0) is 4.74 Å². The van der Waals surface area contributed by atoms with Crippen LogP contribution < -0.4 is 14.2 Å². The van der Waals surface area contributed by atoms with Gasteiger partial charge in [-0.2, -0.15) is 0 Å². The van der Waals surface area contributed by atoms with Crippen LogP contribution in [0.3, 0.4) is 0 Å². The number of phenolic OH excluding ortho intramolecular Hbond substituents is 3. The predicted molar refractivity (Wildman–Crippen MR) is 154 cm³/mol. The minimum absolute atomic E-state index is 0.0130. The smallest absolute Gasteiger partial charge is 0.403 e. The Labute approximate surface area is 245 Å². The van der Waals surface area contributed by atoms with Crippen LogP contribution in [0.2, 0.25) is 0 Å². The zero-order valence-electron chi connectivity index (χ0n) is 23.2. The van der Waals surface area contributed by atoms with E-state index in [1.165, 1.54) is 32.4 Å². The summed E-state index contributed by atoms with van der Waals surface area (Å²) in [6, 6.07) is 12.2. The first-order valence-corrected chi connectivity index (χ1v) is 13.1. The van der Waals surface area contributed by atoms with Crippen LogP contribution in [0.4, 0.5) is 0 Å². The van der Waals surface area contributed by atoms with Crippen molar-refractivity contribution in [3.05, 3.63) is 60.7 Å². The molecule has 43 heavy (non-hydrogen) atoms. The molecule has 1 aliphatic rings. The van der Waals surface area contributed by atoms with Gasteiger partial charge in [-0.3, -0.25) is 0 Å². The van der Waals surface area contributed by atoms with Gasteiger partial charge in [-0.1, -0.05) is 36.9 Å². The third-order valence-corrected chi connectivity index (χ3v) is 7.22. The number of methoxy groups -OCH3 is 2. The molecule has 0 unspecified atom stereocenters. The van der Waals surface area contributed by atoms with Crippen molar-refractivity contribution in [1.29, 1.82) is 0 Å². The molecule has 2 heterocycles. The third kappa shape index (κ3) is 5.38. The highest BCUT2D eigenvalue weighted by atomic mass is 16.7. The monoisotopic (exact) mass is 595 g/mol. The number of rotatable bonds is 8. The second-order valence-electron chi connectivity index (χ2n) is 9.84. The van der Waals surface area contributed by atoms with Gasteiger partial charge in [0.2, 0.25) is 17.8 Å². The lowest BCUT2D eigenvalue weighted by molar-refractivity contribution is -0.277. The average Bonchev–Trinajstić information content (AvgIpc) is 3.01. The molecule has 12 nitrogen and oxygen atoms in total. The summed E-state index contributed by atoms with van der Waals surface area (Å²) in [6.07, 6.45) is -6.44. The quantitative estimate of drug-likeness (QED) is 0.148. The predicted octanol–water partition coefficient (Wildman–Crippen LogP) is 3.00. The van der Waals surface area contributed by atoms with Gasteiger partial charge in [0.25, 0.3) is 0 Å². The number of benzene rings is 3. The van der Waals surface area contributed by atoms with Gasteiger partial charge in [0, 0.05) is 18.2 Å². The highest BCUT2D eigenvalue weighted by molar-refractivity contribution is 6.03. The first-order chi connectivity index (χ1) is 20.6. The lowest BCUT2D eigenvalue weighted by Gasteiger charge is -2.39. The van der Waals surface area contributed by atoms with Gasteiger partial charge in [0.1, 0.15) is 41.3 Å². The third-order valence-electron chi connectivity index (χ3n) is 7.22. The molecule has 0 bridgehead atoms. The second kappa shape index (κ2) is 12.0. The fourth-order valence-corrected chi connectivity index (χ4v) is 4.97. The van der Waals surface area contributed by atoms with Crippen LogP contribution in [0, 0.1) is 0 Å². The van der Waals surface area contributed by atoms with E-state index >= 15 is 0 Å². The van der Waals surface area contributed by atoms with Crippen LogP contribution in [0.5, 0.6) is 34.5 Å². The lowest BCUT2D eigenvalue weighted by Crippen LogP contribution is -2.60. The van der Waals surface area contributed by atoms with Crippen molar-refractivity contribution in [3.8, 4) is 56.9 Å². The molecule has 1 saturated heterocycles. The van der Waals surface area contributed by atoms with Gasteiger partial charge in [-0.05, 0) is 11.1 Å². The Hall–Kier alpha value is -4.59. The molecule has 0 amide bonds. The van der Waals surface area contributed by atoms with Crippen molar-refractivity contribution >= 4 is 17.0 Å². The second-order valence-corrected chi connectivity index (χ2v) is 9.84. The van der Waals surface area contributed by atoms with Crippen LogP contribution in [0.15, 0.2) is 59.5 Å². The van der Waals surface area contributed by atoms with Gasteiger partial charge in [0.05, 0.1) is 38.0 Å². The Morgan fingerprint density at radius 1 is 0.884 bits per heavy atom. The van der Waals surface area contributed by atoms with Gasteiger partial charge in [-0.15, -0.1) is 0 Å². The summed E-state index contributed by atoms with van der Waals surface area (Å²) in [7, 11) is 2.67. The summed E-state index contributed by atoms with van der Waals surface area (Å²) >= 11 is 0. The number of phenols is 3. The molecule has 1 aromatic heterocycles. The molecule has 0 spiro atoms. The number of aliphatic hydroxyl groups is 4. The van der Waals surface area contributed by atoms with Crippen LogP contribution in [-0.4, -0.2) is 87.3 Å². The Morgan fingerprint density at radius 3 is 2.12 bits per heavy atom. The van der Waals surface area contributed by atoms with E-state index in [-0.39, 0.29) is 62.4 Å². The van der Waals surface area contributed by atoms with Crippen molar-refractivity contribution in [2.75, 3.05) is 20.8 Å². The van der Waals surface area contributed by atoms with Gasteiger partial charge < -0.3 is 54.7 Å². The fourth-order valence-electron chi connectivity index (χ4n) is 4.97. The van der Waals surface area contributed by atoms with Crippen molar-refractivity contribution < 1.29 is 59.1 Å². The van der Waals surface area contributed by atoms with Gasteiger partial charge >= 0.3 is 11.3 Å². The Balaban J connectivity index is 1.86. The molecule has 0 radical (unpaired) electrons. The Bertz CT molecular complexity index is 1620. The molecule has 1 aliphatic heterocycles. The van der Waals surface area contributed by atoms with Crippen LogP contribution in [0.25, 0.3) is 39.5 Å². The molecular weight excluding hydrogens is 564 g/mol. The van der Waals surface area contributed by atoms with E-state index in [0.717, 1.165) is 11.6 Å². The van der Waals surface area contributed by atoms with E-state index < -0.39 is 37.3 Å². The number of aromatic hydroxyl groups is 3. The number of ether oxygens (including phenoxy) is 4. The summed E-state index contributed by atoms with van der Waals surface area (Å²) < 4.78 is 28.7. The summed E-state index contributed by atoms with van der Waals surface area (Å²) in [5, 5.41) is 73.4. The zero-order valence-corrected chi connectivity index (χ0v) is 23.2. The van der Waals surface area contributed by atoms with E-state index in [1.807, 2.05) is 0 Å². The number of hydrogen-bond donors (Lipinski definition) is 7. The van der Waals surface area contributed by atoms with Crippen LogP contribution in [0.1, 0.15) is 5.56 Å². The minimum Gasteiger partial charge on any atom is -0.507 e. The molecule has 0 saturated carbocycles. The Kier molecular flexibility index (Phi) is 8.31. The Morgan fingerprint density at radius 2 is 1.53 bits per heavy atom. The molecular formula is C31H31O12+. The summed E-state index contributed by atoms with van der Waals surface area (Å²) in [5.41, 5.74) is 1.78. The minimum atomic E-state index is -1.78. The van der Waals surface area contributed by atoms with E-state index in [4.69, 9.17) is 23.4 Å². The fraction of sp³-hybridized carbons (Fsp3) is 0.258. The van der Waals surface area contributed by atoms with Crippen molar-refractivity contribution in [2.24, 2.45) is 0 Å². The highest BCUT2D eigenvalue weighted by Gasteiger charge is 2.46. The number of fused-ring (bicyclic) bond motifs is 1. The largest absolute Gasteiger partial charge is 0.507 e. The lowest BCUT2D eigenvalue weighted by atomic mass is 9.95. The number of aliphatic hydroxyl groups excluding tert-OH is 4. The molecule has 4 aromatic rings. The number of hydrogen-bond acceptors (Lipinski definition) is 11. The molecule has 7 N–H and O–H groups in total. The first-order valence-electron chi connectivity index (χ1n) is 13.1. The average molecular weight is 596 g/mol. The molecule has 1 fully saturated rings. The molecule has 5 atom stereocenters. The first kappa shape index (κ1) is 29.9. The maximum Gasteiger partial charge on any atom is 0.403 e. The summed E-state index contributed by atoms with van der Waals surface area (Å²) in [4.78, 5) is 0. The maximum absolute atomic E-state index is 11.0. The highest BCUT2D eigenvalue weighted by Crippen LogP contribution is 2.51. The van der Waals surface area contributed by atoms with E-state index in [2.05, 4.69) is 6.58 Å². The van der Waals surface area contributed by atoms with Crippen molar-refractivity contribution in [3.63, 3.8) is 0 Å². The zero-order chi connectivity index (χ0) is 31.0. The SMILES string of the molecule is C=Cc1ccc(-c2c(O[C@@H]3O[C@H](CO)[C@@H](O)[C@H](O)[C@H]3O)c(-c3cc(OC)c(O)c(OC)c3)[o+]c3cc(O)cc(O)c23)cc1.